The number of hydrogen-bond acceptors (Lipinski definition) is 2. The molecule has 0 unspecified atom stereocenters. The van der Waals surface area contributed by atoms with E-state index in [1.807, 2.05) is 0 Å². The average molecular weight is 331 g/mol. The third kappa shape index (κ3) is 6.64. The third-order valence-corrected chi connectivity index (χ3v) is 5.14. The molecule has 0 aliphatic carbocycles. The molecule has 1 aliphatic rings. The summed E-state index contributed by atoms with van der Waals surface area (Å²) in [6.07, 6.45) is 5.11. The van der Waals surface area contributed by atoms with E-state index in [-0.39, 0.29) is 5.91 Å². The van der Waals surface area contributed by atoms with Crippen LogP contribution in [-0.4, -0.2) is 37.0 Å². The van der Waals surface area contributed by atoms with Gasteiger partial charge in [0.2, 0.25) is 5.91 Å². The topological polar surface area (TPSA) is 32.3 Å². The number of carbonyl (C=O) groups excluding carboxylic acids is 1. The molecule has 0 bridgehead atoms. The number of nitrogens with one attached hydrogen (secondary N) is 1. The molecule has 24 heavy (non-hydrogen) atoms. The molecule has 1 saturated heterocycles. The summed E-state index contributed by atoms with van der Waals surface area (Å²) < 4.78 is 0. The van der Waals surface area contributed by atoms with Crippen molar-refractivity contribution >= 4 is 5.91 Å². The maximum Gasteiger partial charge on any atom is 0.220 e. The SMILES string of the molecule is CC1CCN(CCCNC(=O)CCc2ccc(C(C)C)cc2)CC1. The second kappa shape index (κ2) is 9.83. The summed E-state index contributed by atoms with van der Waals surface area (Å²) in [5, 5.41) is 3.07. The molecule has 1 aliphatic heterocycles. The van der Waals surface area contributed by atoms with Gasteiger partial charge in [-0.3, -0.25) is 4.79 Å². The van der Waals surface area contributed by atoms with E-state index >= 15 is 0 Å². The second-order valence-corrected chi connectivity index (χ2v) is 7.62. The van der Waals surface area contributed by atoms with Crippen molar-refractivity contribution in [3.05, 3.63) is 35.4 Å². The molecule has 1 amide bonds. The summed E-state index contributed by atoms with van der Waals surface area (Å²) >= 11 is 0. The molecule has 3 nitrogen and oxygen atoms in total. The molecule has 0 aromatic heterocycles. The van der Waals surface area contributed by atoms with Crippen molar-refractivity contribution in [2.75, 3.05) is 26.2 Å². The van der Waals surface area contributed by atoms with E-state index in [0.29, 0.717) is 12.3 Å². The van der Waals surface area contributed by atoms with Crippen LogP contribution < -0.4 is 5.32 Å². The van der Waals surface area contributed by atoms with Crippen LogP contribution in [0.3, 0.4) is 0 Å². The number of benzene rings is 1. The molecular formula is C21H34N2O. The van der Waals surface area contributed by atoms with Crippen LogP contribution in [0, 0.1) is 5.92 Å². The molecule has 1 heterocycles. The first kappa shape index (κ1) is 19.0. The van der Waals surface area contributed by atoms with Gasteiger partial charge in [0.25, 0.3) is 0 Å². The molecule has 0 radical (unpaired) electrons. The van der Waals surface area contributed by atoms with Gasteiger partial charge in [0.15, 0.2) is 0 Å². The number of nitrogens with zero attached hydrogens (tertiary/aromatic N) is 1. The lowest BCUT2D eigenvalue weighted by Gasteiger charge is -2.30. The van der Waals surface area contributed by atoms with E-state index in [1.54, 1.807) is 0 Å². The van der Waals surface area contributed by atoms with Gasteiger partial charge in [-0.15, -0.1) is 0 Å². The van der Waals surface area contributed by atoms with Crippen LogP contribution in [0.2, 0.25) is 0 Å². The van der Waals surface area contributed by atoms with Gasteiger partial charge in [-0.2, -0.15) is 0 Å². The van der Waals surface area contributed by atoms with E-state index in [0.717, 1.165) is 31.8 Å². The summed E-state index contributed by atoms with van der Waals surface area (Å²) in [6, 6.07) is 8.66. The Kier molecular flexibility index (Phi) is 7.77. The molecule has 0 saturated carbocycles. The number of carbonyl (C=O) groups is 1. The molecule has 1 aromatic carbocycles. The highest BCUT2D eigenvalue weighted by atomic mass is 16.1. The van der Waals surface area contributed by atoms with Crippen LogP contribution in [0.15, 0.2) is 24.3 Å². The van der Waals surface area contributed by atoms with E-state index in [9.17, 15) is 4.79 Å². The van der Waals surface area contributed by atoms with Gasteiger partial charge in [-0.05, 0) is 68.3 Å². The second-order valence-electron chi connectivity index (χ2n) is 7.62. The van der Waals surface area contributed by atoms with Crippen LogP contribution in [0.1, 0.15) is 63.5 Å². The van der Waals surface area contributed by atoms with Gasteiger partial charge >= 0.3 is 0 Å². The number of hydrogen-bond donors (Lipinski definition) is 1. The fourth-order valence-corrected chi connectivity index (χ4v) is 3.23. The minimum Gasteiger partial charge on any atom is -0.356 e. The Morgan fingerprint density at radius 1 is 1.21 bits per heavy atom. The number of piperidine rings is 1. The number of rotatable bonds is 8. The first-order chi connectivity index (χ1) is 11.5. The summed E-state index contributed by atoms with van der Waals surface area (Å²) in [4.78, 5) is 14.5. The largest absolute Gasteiger partial charge is 0.356 e. The van der Waals surface area contributed by atoms with Crippen molar-refractivity contribution in [3.8, 4) is 0 Å². The van der Waals surface area contributed by atoms with Crippen molar-refractivity contribution in [1.82, 2.24) is 10.2 Å². The quantitative estimate of drug-likeness (QED) is 0.731. The van der Waals surface area contributed by atoms with E-state index in [2.05, 4.69) is 55.3 Å². The summed E-state index contributed by atoms with van der Waals surface area (Å²) in [6.45, 7) is 11.1. The first-order valence-electron chi connectivity index (χ1n) is 9.62. The molecule has 1 fully saturated rings. The molecule has 2 rings (SSSR count). The minimum atomic E-state index is 0.176. The fourth-order valence-electron chi connectivity index (χ4n) is 3.23. The zero-order chi connectivity index (χ0) is 17.4. The van der Waals surface area contributed by atoms with Crippen molar-refractivity contribution in [2.24, 2.45) is 5.92 Å². The molecule has 0 spiro atoms. The van der Waals surface area contributed by atoms with Crippen molar-refractivity contribution < 1.29 is 4.79 Å². The Labute approximate surface area is 147 Å². The Balaban J connectivity index is 1.56. The molecule has 3 heteroatoms. The Morgan fingerprint density at radius 3 is 2.50 bits per heavy atom. The Hall–Kier alpha value is -1.35. The van der Waals surface area contributed by atoms with Gasteiger partial charge < -0.3 is 10.2 Å². The van der Waals surface area contributed by atoms with Crippen molar-refractivity contribution in [1.29, 1.82) is 0 Å². The highest BCUT2D eigenvalue weighted by Gasteiger charge is 2.14. The van der Waals surface area contributed by atoms with Gasteiger partial charge in [0.1, 0.15) is 0 Å². The standard InChI is InChI=1S/C21H34N2O/c1-17(2)20-8-5-19(6-9-20)7-10-21(24)22-13-4-14-23-15-11-18(3)12-16-23/h5-6,8-9,17-18H,4,7,10-16H2,1-3H3,(H,22,24). The van der Waals surface area contributed by atoms with Crippen LogP contribution in [0.5, 0.6) is 0 Å². The molecule has 0 atom stereocenters. The fraction of sp³-hybridized carbons (Fsp3) is 0.667. The normalized spacial score (nSPS) is 16.5. The number of amides is 1. The van der Waals surface area contributed by atoms with Crippen LogP contribution in [0.4, 0.5) is 0 Å². The Morgan fingerprint density at radius 2 is 1.88 bits per heavy atom. The minimum absolute atomic E-state index is 0.176. The third-order valence-electron chi connectivity index (χ3n) is 5.14. The monoisotopic (exact) mass is 330 g/mol. The molecule has 1 N–H and O–H groups in total. The first-order valence-corrected chi connectivity index (χ1v) is 9.62. The van der Waals surface area contributed by atoms with Crippen LogP contribution in [0.25, 0.3) is 0 Å². The van der Waals surface area contributed by atoms with Gasteiger partial charge in [-0.25, -0.2) is 0 Å². The maximum absolute atomic E-state index is 12.0. The predicted octanol–water partition coefficient (Wildman–Crippen LogP) is 3.98. The number of aryl methyl sites for hydroxylation is 1. The van der Waals surface area contributed by atoms with Gasteiger partial charge in [0.05, 0.1) is 0 Å². The van der Waals surface area contributed by atoms with Crippen LogP contribution in [-0.2, 0) is 11.2 Å². The predicted molar refractivity (Wildman–Crippen MR) is 101 cm³/mol. The molecule has 1 aromatic rings. The lowest BCUT2D eigenvalue weighted by atomic mass is 9.99. The molecule has 134 valence electrons. The number of likely N-dealkylation sites (tertiary alicyclic amines) is 1. The average Bonchev–Trinajstić information content (AvgIpc) is 2.59. The summed E-state index contributed by atoms with van der Waals surface area (Å²) in [5.41, 5.74) is 2.60. The zero-order valence-corrected chi connectivity index (χ0v) is 15.7. The smallest absolute Gasteiger partial charge is 0.220 e. The van der Waals surface area contributed by atoms with Crippen molar-refractivity contribution in [2.45, 2.75) is 58.8 Å². The summed E-state index contributed by atoms with van der Waals surface area (Å²) in [5.74, 6) is 1.62. The van der Waals surface area contributed by atoms with Crippen molar-refractivity contribution in [3.63, 3.8) is 0 Å². The highest BCUT2D eigenvalue weighted by molar-refractivity contribution is 5.76. The lowest BCUT2D eigenvalue weighted by Crippen LogP contribution is -2.35. The summed E-state index contributed by atoms with van der Waals surface area (Å²) in [7, 11) is 0. The molecular weight excluding hydrogens is 296 g/mol. The van der Waals surface area contributed by atoms with E-state index in [1.165, 1.54) is 37.1 Å². The zero-order valence-electron chi connectivity index (χ0n) is 15.7. The van der Waals surface area contributed by atoms with Gasteiger partial charge in [-0.1, -0.05) is 45.0 Å². The van der Waals surface area contributed by atoms with Crippen LogP contribution >= 0.6 is 0 Å². The lowest BCUT2D eigenvalue weighted by molar-refractivity contribution is -0.121. The Bertz CT molecular complexity index is 487. The highest BCUT2D eigenvalue weighted by Crippen LogP contribution is 2.16. The maximum atomic E-state index is 12.0. The van der Waals surface area contributed by atoms with E-state index < -0.39 is 0 Å². The van der Waals surface area contributed by atoms with E-state index in [4.69, 9.17) is 0 Å². The van der Waals surface area contributed by atoms with Gasteiger partial charge in [0, 0.05) is 13.0 Å².